The van der Waals surface area contributed by atoms with Gasteiger partial charge in [-0.05, 0) is 48.4 Å². The molecule has 1 aliphatic rings. The Kier molecular flexibility index (Phi) is 5.85. The highest BCUT2D eigenvalue weighted by Gasteiger charge is 2.27. The first-order chi connectivity index (χ1) is 15.6. The zero-order valence-corrected chi connectivity index (χ0v) is 19.8. The molecular formula is C25H20BrN3O2S. The highest BCUT2D eigenvalue weighted by molar-refractivity contribution is 9.10. The van der Waals surface area contributed by atoms with Crippen molar-refractivity contribution in [2.24, 2.45) is 0 Å². The fourth-order valence-corrected chi connectivity index (χ4v) is 5.30. The highest BCUT2D eigenvalue weighted by Crippen LogP contribution is 2.42. The quantitative estimate of drug-likeness (QED) is 0.305. The van der Waals surface area contributed by atoms with Crippen LogP contribution in [0.2, 0.25) is 0 Å². The summed E-state index contributed by atoms with van der Waals surface area (Å²) < 4.78 is 6.54. The molecule has 3 aromatic carbocycles. The lowest BCUT2D eigenvalue weighted by atomic mass is 10.1. The number of aromatic nitrogens is 2. The van der Waals surface area contributed by atoms with E-state index < -0.39 is 0 Å². The van der Waals surface area contributed by atoms with Gasteiger partial charge >= 0.3 is 0 Å². The van der Waals surface area contributed by atoms with Crippen molar-refractivity contribution in [3.63, 3.8) is 0 Å². The summed E-state index contributed by atoms with van der Waals surface area (Å²) in [4.78, 5) is 21.7. The van der Waals surface area contributed by atoms with Crippen LogP contribution in [0.1, 0.15) is 35.2 Å². The first-order valence-corrected chi connectivity index (χ1v) is 12.0. The number of amides is 1. The minimum absolute atomic E-state index is 0.0386. The van der Waals surface area contributed by atoms with E-state index in [9.17, 15) is 4.79 Å². The van der Waals surface area contributed by atoms with E-state index >= 15 is 0 Å². The molecule has 32 heavy (non-hydrogen) atoms. The zero-order valence-electron chi connectivity index (χ0n) is 17.4. The smallest absolute Gasteiger partial charge is 0.259 e. The van der Waals surface area contributed by atoms with Gasteiger partial charge in [-0.2, -0.15) is 4.98 Å². The molecule has 0 unspecified atom stereocenters. The van der Waals surface area contributed by atoms with Gasteiger partial charge in [-0.15, -0.1) is 0 Å². The van der Waals surface area contributed by atoms with Crippen molar-refractivity contribution in [3.05, 3.63) is 88.2 Å². The SMILES string of the molecule is CCCN1C(=O)c2ccccc2Sc2cc(-c3noc(Cc4ccccc4Br)n3)ccc21. The average molecular weight is 506 g/mol. The number of hydrogen-bond acceptors (Lipinski definition) is 5. The molecule has 0 aliphatic carbocycles. The molecule has 0 radical (unpaired) electrons. The topological polar surface area (TPSA) is 59.2 Å². The third-order valence-corrected chi connectivity index (χ3v) is 7.20. The van der Waals surface area contributed by atoms with E-state index in [4.69, 9.17) is 4.52 Å². The van der Waals surface area contributed by atoms with Crippen molar-refractivity contribution in [1.82, 2.24) is 10.1 Å². The summed E-state index contributed by atoms with van der Waals surface area (Å²) in [5.41, 5.74) is 3.60. The van der Waals surface area contributed by atoms with Crippen LogP contribution < -0.4 is 4.90 Å². The highest BCUT2D eigenvalue weighted by atomic mass is 79.9. The Morgan fingerprint density at radius 2 is 1.84 bits per heavy atom. The van der Waals surface area contributed by atoms with E-state index in [2.05, 4.69) is 33.0 Å². The van der Waals surface area contributed by atoms with Crippen LogP contribution in [0, 0.1) is 0 Å². The van der Waals surface area contributed by atoms with Gasteiger partial charge in [0.1, 0.15) is 0 Å². The van der Waals surface area contributed by atoms with Crippen LogP contribution in [0.15, 0.2) is 85.5 Å². The van der Waals surface area contributed by atoms with Crippen molar-refractivity contribution in [1.29, 1.82) is 0 Å². The molecule has 0 saturated carbocycles. The number of carbonyl (C=O) groups is 1. The minimum Gasteiger partial charge on any atom is -0.339 e. The molecule has 1 amide bonds. The van der Waals surface area contributed by atoms with Gasteiger partial charge in [-0.1, -0.05) is 70.1 Å². The molecule has 5 rings (SSSR count). The summed E-state index contributed by atoms with van der Waals surface area (Å²) >= 11 is 5.17. The monoisotopic (exact) mass is 505 g/mol. The van der Waals surface area contributed by atoms with Crippen molar-refractivity contribution < 1.29 is 9.32 Å². The van der Waals surface area contributed by atoms with Crippen LogP contribution in [0.5, 0.6) is 0 Å². The molecule has 7 heteroatoms. The Labute approximate surface area is 199 Å². The lowest BCUT2D eigenvalue weighted by Crippen LogP contribution is -2.31. The number of benzene rings is 3. The summed E-state index contributed by atoms with van der Waals surface area (Å²) in [6.45, 7) is 2.75. The van der Waals surface area contributed by atoms with Crippen LogP contribution in [-0.4, -0.2) is 22.6 Å². The molecular weight excluding hydrogens is 486 g/mol. The molecule has 4 aromatic rings. The number of rotatable bonds is 5. The number of fused-ring (bicyclic) bond motifs is 2. The minimum atomic E-state index is 0.0386. The van der Waals surface area contributed by atoms with Crippen molar-refractivity contribution in [2.75, 3.05) is 11.4 Å². The second-order valence-corrected chi connectivity index (χ2v) is 9.46. The summed E-state index contributed by atoms with van der Waals surface area (Å²) in [6.07, 6.45) is 1.43. The Hall–Kier alpha value is -2.90. The van der Waals surface area contributed by atoms with Crippen LogP contribution in [0.4, 0.5) is 5.69 Å². The Morgan fingerprint density at radius 1 is 1.03 bits per heavy atom. The van der Waals surface area contributed by atoms with E-state index in [1.807, 2.05) is 71.6 Å². The molecule has 0 saturated heterocycles. The molecule has 5 nitrogen and oxygen atoms in total. The Bertz CT molecular complexity index is 1300. The molecule has 0 spiro atoms. The van der Waals surface area contributed by atoms with Gasteiger partial charge in [0, 0.05) is 26.4 Å². The predicted octanol–water partition coefficient (Wildman–Crippen LogP) is 6.61. The van der Waals surface area contributed by atoms with Crippen molar-refractivity contribution in [3.8, 4) is 11.4 Å². The molecule has 1 aliphatic heterocycles. The normalized spacial score (nSPS) is 12.9. The van der Waals surface area contributed by atoms with Gasteiger partial charge < -0.3 is 9.42 Å². The maximum absolute atomic E-state index is 13.2. The van der Waals surface area contributed by atoms with Gasteiger partial charge in [0.25, 0.3) is 5.91 Å². The van der Waals surface area contributed by atoms with E-state index in [-0.39, 0.29) is 5.91 Å². The number of hydrogen-bond donors (Lipinski definition) is 0. The van der Waals surface area contributed by atoms with Crippen molar-refractivity contribution in [2.45, 2.75) is 29.6 Å². The van der Waals surface area contributed by atoms with E-state index in [1.165, 1.54) is 0 Å². The summed E-state index contributed by atoms with van der Waals surface area (Å²) in [7, 11) is 0. The Morgan fingerprint density at radius 3 is 2.69 bits per heavy atom. The van der Waals surface area contributed by atoms with Crippen LogP contribution >= 0.6 is 27.7 Å². The van der Waals surface area contributed by atoms with E-state index in [1.54, 1.807) is 11.8 Å². The van der Waals surface area contributed by atoms with Gasteiger partial charge in [-0.25, -0.2) is 0 Å². The molecule has 160 valence electrons. The van der Waals surface area contributed by atoms with Crippen molar-refractivity contribution >= 4 is 39.3 Å². The standard InChI is InChI=1S/C25H20BrN3O2S/c1-2-13-29-20-12-11-17(14-22(20)32-21-10-6-4-8-18(21)25(29)30)24-27-23(31-28-24)15-16-7-3-5-9-19(16)26/h3-12,14H,2,13,15H2,1H3. The molecule has 2 heterocycles. The number of anilines is 1. The second kappa shape index (κ2) is 8.92. The predicted molar refractivity (Wildman–Crippen MR) is 129 cm³/mol. The zero-order chi connectivity index (χ0) is 22.1. The average Bonchev–Trinajstić information content (AvgIpc) is 3.23. The lowest BCUT2D eigenvalue weighted by Gasteiger charge is -2.22. The summed E-state index contributed by atoms with van der Waals surface area (Å²) in [6, 6.07) is 21.8. The number of halogens is 1. The van der Waals surface area contributed by atoms with Gasteiger partial charge in [0.05, 0.1) is 17.7 Å². The fourth-order valence-electron chi connectivity index (χ4n) is 3.76. The second-order valence-electron chi connectivity index (χ2n) is 7.52. The van der Waals surface area contributed by atoms with Crippen LogP contribution in [0.3, 0.4) is 0 Å². The molecule has 0 bridgehead atoms. The van der Waals surface area contributed by atoms with Crippen LogP contribution in [-0.2, 0) is 6.42 Å². The lowest BCUT2D eigenvalue weighted by molar-refractivity contribution is 0.0984. The van der Waals surface area contributed by atoms with E-state index in [0.717, 1.165) is 43.1 Å². The molecule has 1 aromatic heterocycles. The molecule has 0 atom stereocenters. The van der Waals surface area contributed by atoms with Gasteiger partial charge in [-0.3, -0.25) is 4.79 Å². The fraction of sp³-hybridized carbons (Fsp3) is 0.160. The molecule has 0 N–H and O–H groups in total. The first kappa shape index (κ1) is 21.0. The van der Waals surface area contributed by atoms with Gasteiger partial charge in [0.2, 0.25) is 11.7 Å². The maximum Gasteiger partial charge on any atom is 0.259 e. The maximum atomic E-state index is 13.2. The Balaban J connectivity index is 1.50. The third-order valence-electron chi connectivity index (χ3n) is 5.31. The summed E-state index contributed by atoms with van der Waals surface area (Å²) in [5.74, 6) is 1.14. The van der Waals surface area contributed by atoms with Crippen LogP contribution in [0.25, 0.3) is 11.4 Å². The first-order valence-electron chi connectivity index (χ1n) is 10.4. The number of nitrogens with zero attached hydrogens (tertiary/aromatic N) is 3. The summed E-state index contributed by atoms with van der Waals surface area (Å²) in [5, 5.41) is 4.21. The number of carbonyl (C=O) groups excluding carboxylic acids is 1. The largest absolute Gasteiger partial charge is 0.339 e. The van der Waals surface area contributed by atoms with Gasteiger partial charge in [0.15, 0.2) is 0 Å². The van der Waals surface area contributed by atoms with E-state index in [0.29, 0.717) is 24.7 Å². The third kappa shape index (κ3) is 3.98. The molecule has 0 fully saturated rings.